The van der Waals surface area contributed by atoms with E-state index >= 15 is 0 Å². The summed E-state index contributed by atoms with van der Waals surface area (Å²) in [6.07, 6.45) is 9.04. The van der Waals surface area contributed by atoms with Gasteiger partial charge in [-0.2, -0.15) is 4.98 Å². The Bertz CT molecular complexity index is 1360. The molecule has 2 N–H and O–H groups in total. The van der Waals surface area contributed by atoms with Crippen LogP contribution >= 0.6 is 0 Å². The molecule has 2 aromatic heterocycles. The smallest absolute Gasteiger partial charge is 0.268 e. The van der Waals surface area contributed by atoms with Gasteiger partial charge in [0.1, 0.15) is 11.8 Å². The van der Waals surface area contributed by atoms with Gasteiger partial charge in [0.2, 0.25) is 5.95 Å². The van der Waals surface area contributed by atoms with Gasteiger partial charge < -0.3 is 20.3 Å². The fourth-order valence-corrected chi connectivity index (χ4v) is 5.59. The van der Waals surface area contributed by atoms with E-state index in [2.05, 4.69) is 56.6 Å². The van der Waals surface area contributed by atoms with Crippen LogP contribution in [-0.2, 0) is 4.74 Å². The lowest BCUT2D eigenvalue weighted by atomic mass is 10.1. The molecule has 1 aliphatic carbocycles. The van der Waals surface area contributed by atoms with Crippen LogP contribution in [0.4, 0.5) is 17.3 Å². The van der Waals surface area contributed by atoms with Crippen molar-refractivity contribution in [2.45, 2.75) is 57.1 Å². The highest BCUT2D eigenvalue weighted by Gasteiger charge is 2.23. The molecule has 0 amide bonds. The number of anilines is 3. The molecule has 8 nitrogen and oxygen atoms in total. The van der Waals surface area contributed by atoms with E-state index < -0.39 is 0 Å². The highest BCUT2D eigenvalue weighted by molar-refractivity contribution is 5.77. The summed E-state index contributed by atoms with van der Waals surface area (Å²) < 4.78 is 7.62. The maximum absolute atomic E-state index is 13.6. The maximum atomic E-state index is 13.6. The average molecular weight is 499 g/mol. The number of nitrogens with zero attached hydrogens (tertiary/aromatic N) is 4. The zero-order valence-corrected chi connectivity index (χ0v) is 21.2. The number of rotatable bonds is 4. The van der Waals surface area contributed by atoms with Crippen LogP contribution < -0.4 is 21.1 Å². The molecule has 2 aliphatic heterocycles. The number of piperazine rings is 1. The molecular formula is C29H34N6O2. The predicted molar refractivity (Wildman–Crippen MR) is 147 cm³/mol. The first-order chi connectivity index (χ1) is 18.2. The van der Waals surface area contributed by atoms with Crippen LogP contribution in [0.25, 0.3) is 11.0 Å². The Morgan fingerprint density at radius 3 is 2.57 bits per heavy atom. The third-order valence-electron chi connectivity index (χ3n) is 7.62. The van der Waals surface area contributed by atoms with Crippen molar-refractivity contribution in [3.63, 3.8) is 0 Å². The van der Waals surface area contributed by atoms with Crippen LogP contribution in [0.1, 0.15) is 56.6 Å². The number of aromatic nitrogens is 3. The van der Waals surface area contributed by atoms with E-state index in [4.69, 9.17) is 9.72 Å². The molecule has 3 fully saturated rings. The number of fused-ring (bicyclic) bond motifs is 1. The van der Waals surface area contributed by atoms with Crippen LogP contribution in [0.2, 0.25) is 0 Å². The van der Waals surface area contributed by atoms with Crippen LogP contribution in [0.3, 0.4) is 0 Å². The molecule has 2 saturated heterocycles. The second kappa shape index (κ2) is 10.9. The van der Waals surface area contributed by atoms with E-state index in [0.717, 1.165) is 88.8 Å². The van der Waals surface area contributed by atoms with Crippen molar-refractivity contribution in [3.05, 3.63) is 52.4 Å². The van der Waals surface area contributed by atoms with Crippen molar-refractivity contribution in [1.29, 1.82) is 0 Å². The third-order valence-corrected chi connectivity index (χ3v) is 7.62. The summed E-state index contributed by atoms with van der Waals surface area (Å²) in [6.45, 7) is 4.79. The number of hydrogen-bond acceptors (Lipinski definition) is 7. The lowest BCUT2D eigenvalue weighted by Gasteiger charge is -2.29. The minimum atomic E-state index is -0.0930. The quantitative estimate of drug-likeness (QED) is 0.527. The summed E-state index contributed by atoms with van der Waals surface area (Å²) in [5.41, 5.74) is 3.25. The molecule has 0 radical (unpaired) electrons. The molecule has 192 valence electrons. The number of benzene rings is 1. The highest BCUT2D eigenvalue weighted by Crippen LogP contribution is 2.31. The van der Waals surface area contributed by atoms with Gasteiger partial charge in [0, 0.05) is 61.8 Å². The van der Waals surface area contributed by atoms with E-state index in [-0.39, 0.29) is 17.7 Å². The molecule has 1 aromatic carbocycles. The van der Waals surface area contributed by atoms with Crippen molar-refractivity contribution in [1.82, 2.24) is 19.9 Å². The lowest BCUT2D eigenvalue weighted by Crippen LogP contribution is -2.43. The molecular weight excluding hydrogens is 464 g/mol. The van der Waals surface area contributed by atoms with E-state index in [1.54, 1.807) is 6.20 Å². The van der Waals surface area contributed by atoms with Gasteiger partial charge in [-0.05, 0) is 62.4 Å². The fourth-order valence-electron chi connectivity index (χ4n) is 5.59. The maximum Gasteiger partial charge on any atom is 0.268 e. The molecule has 1 atom stereocenters. The van der Waals surface area contributed by atoms with E-state index in [1.807, 2.05) is 10.6 Å². The first-order valence-electron chi connectivity index (χ1n) is 13.6. The van der Waals surface area contributed by atoms with Gasteiger partial charge in [0.25, 0.3) is 5.56 Å². The van der Waals surface area contributed by atoms with E-state index in [9.17, 15) is 4.79 Å². The molecule has 1 unspecified atom stereocenters. The minimum absolute atomic E-state index is 0.0623. The SMILES string of the molecule is O=c1c(C#CC2CCCCO2)cc2cnc(Nc3ccc(N4CCNCC4)cc3)nc2n1C1CCCC1. The molecule has 0 spiro atoms. The number of hydrogen-bond donors (Lipinski definition) is 2. The average Bonchev–Trinajstić information content (AvgIpc) is 3.48. The monoisotopic (exact) mass is 498 g/mol. The van der Waals surface area contributed by atoms with Crippen LogP contribution in [0.5, 0.6) is 0 Å². The summed E-state index contributed by atoms with van der Waals surface area (Å²) in [5, 5.41) is 7.56. The summed E-state index contributed by atoms with van der Waals surface area (Å²) >= 11 is 0. The molecule has 6 rings (SSSR count). The second-order valence-corrected chi connectivity index (χ2v) is 10.2. The molecule has 1 saturated carbocycles. The molecule has 8 heteroatoms. The molecule has 37 heavy (non-hydrogen) atoms. The number of ether oxygens (including phenoxy) is 1. The van der Waals surface area contributed by atoms with Crippen molar-refractivity contribution >= 4 is 28.4 Å². The highest BCUT2D eigenvalue weighted by atomic mass is 16.5. The van der Waals surface area contributed by atoms with Gasteiger partial charge in [0.15, 0.2) is 0 Å². The number of nitrogens with one attached hydrogen (secondary N) is 2. The largest absolute Gasteiger partial charge is 0.369 e. The second-order valence-electron chi connectivity index (χ2n) is 10.2. The zero-order chi connectivity index (χ0) is 25.0. The molecule has 3 aliphatic rings. The Hall–Kier alpha value is -3.41. The van der Waals surface area contributed by atoms with Crippen molar-refractivity contribution < 1.29 is 4.74 Å². The topological polar surface area (TPSA) is 84.3 Å². The first kappa shape index (κ1) is 24.0. The standard InChI is InChI=1S/C29H34N6O2/c36-28-21(8-13-26-7-3-4-18-37-26)19-22-20-31-29(33-27(22)35(28)25-5-1-2-6-25)32-23-9-11-24(12-10-23)34-16-14-30-15-17-34/h9-12,19-20,25-26,30H,1-7,14-18H2,(H,31,32,33). The Morgan fingerprint density at radius 1 is 1.03 bits per heavy atom. The predicted octanol–water partition coefficient (Wildman–Crippen LogP) is 3.98. The minimum Gasteiger partial charge on any atom is -0.369 e. The van der Waals surface area contributed by atoms with Gasteiger partial charge in [0.05, 0.1) is 5.56 Å². The first-order valence-corrected chi connectivity index (χ1v) is 13.6. The van der Waals surface area contributed by atoms with Gasteiger partial charge in [-0.25, -0.2) is 4.98 Å². The summed E-state index contributed by atoms with van der Waals surface area (Å²) in [7, 11) is 0. The normalized spacial score (nSPS) is 20.5. The summed E-state index contributed by atoms with van der Waals surface area (Å²) in [5.74, 6) is 6.81. The lowest BCUT2D eigenvalue weighted by molar-refractivity contribution is 0.0526. The fraction of sp³-hybridized carbons (Fsp3) is 0.483. The Labute approximate surface area is 217 Å². The summed E-state index contributed by atoms with van der Waals surface area (Å²) in [6, 6.07) is 10.4. The van der Waals surface area contributed by atoms with Gasteiger partial charge in [-0.3, -0.25) is 9.36 Å². The van der Waals surface area contributed by atoms with Crippen molar-refractivity contribution in [2.24, 2.45) is 0 Å². The van der Waals surface area contributed by atoms with Crippen molar-refractivity contribution in [3.8, 4) is 11.8 Å². The Morgan fingerprint density at radius 2 is 1.81 bits per heavy atom. The Balaban J connectivity index is 1.30. The van der Waals surface area contributed by atoms with Crippen LogP contribution in [0.15, 0.2) is 41.3 Å². The van der Waals surface area contributed by atoms with Gasteiger partial charge >= 0.3 is 0 Å². The van der Waals surface area contributed by atoms with Gasteiger partial charge in [-0.15, -0.1) is 0 Å². The third kappa shape index (κ3) is 5.34. The van der Waals surface area contributed by atoms with Crippen LogP contribution in [-0.4, -0.2) is 53.4 Å². The Kier molecular flexibility index (Phi) is 7.07. The molecule has 3 aromatic rings. The van der Waals surface area contributed by atoms with Crippen molar-refractivity contribution in [2.75, 3.05) is 43.0 Å². The molecule has 0 bridgehead atoms. The van der Waals surface area contributed by atoms with Gasteiger partial charge in [-0.1, -0.05) is 24.7 Å². The zero-order valence-electron chi connectivity index (χ0n) is 21.2. The molecule has 4 heterocycles. The van der Waals surface area contributed by atoms with E-state index in [0.29, 0.717) is 17.2 Å². The number of pyridine rings is 1. The summed E-state index contributed by atoms with van der Waals surface area (Å²) in [4.78, 5) is 25.4. The van der Waals surface area contributed by atoms with E-state index in [1.165, 1.54) is 5.69 Å². The van der Waals surface area contributed by atoms with Crippen LogP contribution in [0, 0.1) is 11.8 Å².